The highest BCUT2D eigenvalue weighted by Gasteiger charge is 2.43. The number of hydrogen-bond acceptors (Lipinski definition) is 7. The van der Waals surface area contributed by atoms with Crippen molar-refractivity contribution in [1.82, 2.24) is 9.88 Å². The Kier molecular flexibility index (Phi) is 6.29. The predicted molar refractivity (Wildman–Crippen MR) is 127 cm³/mol. The number of nitro benzene ring substituents is 1. The summed E-state index contributed by atoms with van der Waals surface area (Å²) in [7, 11) is 0. The second-order valence-electron chi connectivity index (χ2n) is 9.29. The highest BCUT2D eigenvalue weighted by Crippen LogP contribution is 2.35. The molecule has 0 bridgehead atoms. The second-order valence-corrected chi connectivity index (χ2v) is 9.29. The van der Waals surface area contributed by atoms with E-state index < -0.39 is 34.7 Å². The summed E-state index contributed by atoms with van der Waals surface area (Å²) < 4.78 is 11.6. The first-order chi connectivity index (χ1) is 16.5. The molecule has 2 atom stereocenters. The number of pyridine rings is 1. The molecule has 3 aromatic rings. The maximum Gasteiger partial charge on any atom is 0.411 e. The fraction of sp³-hybridized carbons (Fsp3) is 0.320. The molecule has 0 saturated carbocycles. The fourth-order valence-corrected chi connectivity index (χ4v) is 3.97. The molecule has 2 heterocycles. The molecule has 1 aliphatic heterocycles. The zero-order valence-corrected chi connectivity index (χ0v) is 19.5. The first-order valence-electron chi connectivity index (χ1n) is 11.1. The Balaban J connectivity index is 1.71. The van der Waals surface area contributed by atoms with Crippen LogP contribution in [0.3, 0.4) is 0 Å². The number of ether oxygens (including phenoxy) is 2. The molecule has 182 valence electrons. The number of fused-ring (bicyclic) bond motifs is 1. The van der Waals surface area contributed by atoms with E-state index in [2.05, 4.69) is 4.98 Å². The highest BCUT2D eigenvalue weighted by molar-refractivity contribution is 5.90. The molecular weight excluding hydrogens is 454 g/mol. The summed E-state index contributed by atoms with van der Waals surface area (Å²) in [4.78, 5) is 41.1. The van der Waals surface area contributed by atoms with Crippen LogP contribution in [0.5, 0.6) is 5.75 Å². The average molecular weight is 479 g/mol. The van der Waals surface area contributed by atoms with E-state index in [4.69, 9.17) is 9.47 Å². The predicted octanol–water partition coefficient (Wildman–Crippen LogP) is 4.65. The molecule has 1 fully saturated rings. The number of aliphatic carboxylic acids is 1. The average Bonchev–Trinajstić information content (AvgIpc) is 3.22. The van der Waals surface area contributed by atoms with Gasteiger partial charge < -0.3 is 14.6 Å². The lowest BCUT2D eigenvalue weighted by atomic mass is 10.1. The Morgan fingerprint density at radius 3 is 2.49 bits per heavy atom. The number of carboxylic acids is 1. The third-order valence-corrected chi connectivity index (χ3v) is 5.50. The van der Waals surface area contributed by atoms with Crippen LogP contribution in [0.4, 0.5) is 10.5 Å². The molecular formula is C25H25N3O7. The van der Waals surface area contributed by atoms with Gasteiger partial charge in [0.2, 0.25) is 0 Å². The van der Waals surface area contributed by atoms with E-state index in [1.54, 1.807) is 32.9 Å². The third kappa shape index (κ3) is 5.32. The standard InChI is InChI=1S/C25H25N3O7/c1-25(2,3)35-24(31)27-14-17(12-21(27)23(29)30)34-22-13-20(15-7-5-4-6-8-15)26-19-10-9-16(28(32)33)11-18(19)22/h4-11,13,17,21H,12,14H2,1-3H3,(H,29,30)/t17?,21-/m0/s1. The van der Waals surface area contributed by atoms with Gasteiger partial charge >= 0.3 is 12.1 Å². The quantitative estimate of drug-likeness (QED) is 0.413. The second kappa shape index (κ2) is 9.21. The number of rotatable bonds is 5. The number of hydrogen-bond donors (Lipinski definition) is 1. The molecule has 0 radical (unpaired) electrons. The van der Waals surface area contributed by atoms with E-state index in [0.29, 0.717) is 22.3 Å². The lowest BCUT2D eigenvalue weighted by Crippen LogP contribution is -2.43. The number of carbonyl (C=O) groups excluding carboxylic acids is 1. The monoisotopic (exact) mass is 479 g/mol. The molecule has 1 aliphatic rings. The summed E-state index contributed by atoms with van der Waals surface area (Å²) in [6.07, 6.45) is -1.37. The first kappa shape index (κ1) is 23.9. The number of non-ortho nitro benzene ring substituents is 1. The molecule has 1 amide bonds. The van der Waals surface area contributed by atoms with Gasteiger partial charge in [-0.05, 0) is 26.8 Å². The number of carbonyl (C=O) groups is 2. The van der Waals surface area contributed by atoms with Gasteiger partial charge in [-0.25, -0.2) is 14.6 Å². The van der Waals surface area contributed by atoms with Crippen LogP contribution in [0.1, 0.15) is 27.2 Å². The third-order valence-electron chi connectivity index (χ3n) is 5.50. The van der Waals surface area contributed by atoms with Crippen molar-refractivity contribution in [3.63, 3.8) is 0 Å². The fourth-order valence-electron chi connectivity index (χ4n) is 3.97. The Morgan fingerprint density at radius 2 is 1.86 bits per heavy atom. The number of nitro groups is 1. The molecule has 4 rings (SSSR count). The normalized spacial score (nSPS) is 17.9. The first-order valence-corrected chi connectivity index (χ1v) is 11.1. The van der Waals surface area contributed by atoms with E-state index >= 15 is 0 Å². The minimum atomic E-state index is -1.16. The van der Waals surface area contributed by atoms with Crippen molar-refractivity contribution in [1.29, 1.82) is 0 Å². The smallest absolute Gasteiger partial charge is 0.411 e. The van der Waals surface area contributed by atoms with Crippen molar-refractivity contribution in [2.45, 2.75) is 44.9 Å². The summed E-state index contributed by atoms with van der Waals surface area (Å²) in [6.45, 7) is 5.09. The highest BCUT2D eigenvalue weighted by atomic mass is 16.6. The molecule has 10 nitrogen and oxygen atoms in total. The minimum Gasteiger partial charge on any atom is -0.488 e. The van der Waals surface area contributed by atoms with Crippen LogP contribution in [0.2, 0.25) is 0 Å². The molecule has 1 saturated heterocycles. The van der Waals surface area contributed by atoms with Gasteiger partial charge in [-0.2, -0.15) is 0 Å². The zero-order chi connectivity index (χ0) is 25.3. The maximum absolute atomic E-state index is 12.6. The van der Waals surface area contributed by atoms with Gasteiger partial charge in [-0.3, -0.25) is 15.0 Å². The topological polar surface area (TPSA) is 132 Å². The Hall–Kier alpha value is -4.21. The lowest BCUT2D eigenvalue weighted by Gasteiger charge is -2.26. The molecule has 0 spiro atoms. The van der Waals surface area contributed by atoms with Crippen molar-refractivity contribution in [2.75, 3.05) is 6.54 Å². The number of nitrogens with zero attached hydrogens (tertiary/aromatic N) is 3. The van der Waals surface area contributed by atoms with Crippen LogP contribution < -0.4 is 4.74 Å². The summed E-state index contributed by atoms with van der Waals surface area (Å²) in [5, 5.41) is 21.5. The van der Waals surface area contributed by atoms with E-state index in [0.717, 1.165) is 10.5 Å². The van der Waals surface area contributed by atoms with Gasteiger partial charge in [0.25, 0.3) is 5.69 Å². The summed E-state index contributed by atoms with van der Waals surface area (Å²) in [6, 6.07) is 14.2. The number of aromatic nitrogens is 1. The van der Waals surface area contributed by atoms with Crippen LogP contribution >= 0.6 is 0 Å². The minimum absolute atomic E-state index is 0.00864. The summed E-state index contributed by atoms with van der Waals surface area (Å²) >= 11 is 0. The van der Waals surface area contributed by atoms with E-state index in [9.17, 15) is 24.8 Å². The maximum atomic E-state index is 12.6. The number of benzene rings is 2. The number of carboxylic acid groups (broad SMARTS) is 1. The molecule has 2 aromatic carbocycles. The Bertz CT molecular complexity index is 1290. The SMILES string of the molecule is CC(C)(C)OC(=O)N1CC(Oc2cc(-c3ccccc3)nc3ccc([N+](=O)[O-])cc23)C[C@H]1C(=O)O. The van der Waals surface area contributed by atoms with Crippen LogP contribution in [0.15, 0.2) is 54.6 Å². The van der Waals surface area contributed by atoms with E-state index in [1.807, 2.05) is 30.3 Å². The van der Waals surface area contributed by atoms with Crippen molar-refractivity contribution >= 4 is 28.7 Å². The van der Waals surface area contributed by atoms with Gasteiger partial charge in [0, 0.05) is 35.6 Å². The molecule has 35 heavy (non-hydrogen) atoms. The van der Waals surface area contributed by atoms with Crippen LogP contribution in [0.25, 0.3) is 22.2 Å². The van der Waals surface area contributed by atoms with Crippen molar-refractivity contribution in [3.8, 4) is 17.0 Å². The molecule has 0 aliphatic carbocycles. The van der Waals surface area contributed by atoms with Gasteiger partial charge in [-0.15, -0.1) is 0 Å². The van der Waals surface area contributed by atoms with Crippen molar-refractivity contribution in [3.05, 3.63) is 64.7 Å². The number of amides is 1. The van der Waals surface area contributed by atoms with Crippen LogP contribution in [-0.4, -0.2) is 56.3 Å². The zero-order valence-electron chi connectivity index (χ0n) is 19.5. The van der Waals surface area contributed by atoms with Gasteiger partial charge in [-0.1, -0.05) is 30.3 Å². The molecule has 10 heteroatoms. The molecule has 1 unspecified atom stereocenters. The molecule has 1 N–H and O–H groups in total. The molecule has 1 aromatic heterocycles. The van der Waals surface area contributed by atoms with E-state index in [1.165, 1.54) is 12.1 Å². The summed E-state index contributed by atoms with van der Waals surface area (Å²) in [5.74, 6) is -0.847. The lowest BCUT2D eigenvalue weighted by molar-refractivity contribution is -0.384. The van der Waals surface area contributed by atoms with Crippen LogP contribution in [0, 0.1) is 10.1 Å². The van der Waals surface area contributed by atoms with E-state index in [-0.39, 0.29) is 18.7 Å². The van der Waals surface area contributed by atoms with Gasteiger partial charge in [0.05, 0.1) is 22.7 Å². The van der Waals surface area contributed by atoms with Crippen molar-refractivity contribution in [2.24, 2.45) is 0 Å². The van der Waals surface area contributed by atoms with Crippen molar-refractivity contribution < 1.29 is 29.1 Å². The summed E-state index contributed by atoms with van der Waals surface area (Å²) in [5.41, 5.74) is 0.997. The van der Waals surface area contributed by atoms with Gasteiger partial charge in [0.1, 0.15) is 23.5 Å². The largest absolute Gasteiger partial charge is 0.488 e. The Labute approximate surface area is 201 Å². The Morgan fingerprint density at radius 1 is 1.14 bits per heavy atom. The number of likely N-dealkylation sites (tertiary alicyclic amines) is 1. The van der Waals surface area contributed by atoms with Crippen LogP contribution in [-0.2, 0) is 9.53 Å². The van der Waals surface area contributed by atoms with Gasteiger partial charge in [0.15, 0.2) is 0 Å².